The molecule has 0 aliphatic heterocycles. The van der Waals surface area contributed by atoms with E-state index in [1.54, 1.807) is 7.11 Å². The molecule has 0 heterocycles. The van der Waals surface area contributed by atoms with Crippen LogP contribution in [-0.4, -0.2) is 7.11 Å². The summed E-state index contributed by atoms with van der Waals surface area (Å²) >= 11 is 3.50. The molecule has 2 rings (SSSR count). The van der Waals surface area contributed by atoms with Crippen LogP contribution in [0.4, 0.5) is 0 Å². The minimum Gasteiger partial charge on any atom is -0.496 e. The Labute approximate surface area is 112 Å². The van der Waals surface area contributed by atoms with E-state index < -0.39 is 0 Å². The van der Waals surface area contributed by atoms with E-state index in [4.69, 9.17) is 4.74 Å². The molecule has 1 aromatic rings. The Morgan fingerprint density at radius 2 is 2.00 bits per heavy atom. The van der Waals surface area contributed by atoms with Gasteiger partial charge in [-0.3, -0.25) is 0 Å². The topological polar surface area (TPSA) is 9.23 Å². The highest BCUT2D eigenvalue weighted by molar-refractivity contribution is 9.10. The van der Waals surface area contributed by atoms with Gasteiger partial charge in [0.1, 0.15) is 5.75 Å². The second-order valence-electron chi connectivity index (χ2n) is 4.64. The first-order chi connectivity index (χ1) is 8.29. The molecular formula is C15H19BrO. The molecule has 92 valence electrons. The molecule has 0 saturated heterocycles. The number of halogens is 1. The summed E-state index contributed by atoms with van der Waals surface area (Å²) < 4.78 is 6.47. The summed E-state index contributed by atoms with van der Waals surface area (Å²) in [6, 6.07) is 6.12. The fraction of sp³-hybridized carbons (Fsp3) is 0.467. The minimum absolute atomic E-state index is 0.757. The van der Waals surface area contributed by atoms with Gasteiger partial charge in [0, 0.05) is 10.0 Å². The normalized spacial score (nSPS) is 17.5. The van der Waals surface area contributed by atoms with Crippen LogP contribution < -0.4 is 4.74 Å². The number of ether oxygens (including phenoxy) is 1. The van der Waals surface area contributed by atoms with Gasteiger partial charge in [-0.1, -0.05) is 47.3 Å². The Balaban J connectivity index is 2.10. The van der Waals surface area contributed by atoms with E-state index in [1.807, 2.05) is 12.1 Å². The van der Waals surface area contributed by atoms with Gasteiger partial charge in [0.05, 0.1) is 7.11 Å². The fourth-order valence-electron chi connectivity index (χ4n) is 2.40. The van der Waals surface area contributed by atoms with Crippen molar-refractivity contribution >= 4 is 22.0 Å². The first-order valence-electron chi connectivity index (χ1n) is 6.31. The molecule has 1 aliphatic rings. The van der Waals surface area contributed by atoms with E-state index in [-0.39, 0.29) is 0 Å². The van der Waals surface area contributed by atoms with Gasteiger partial charge in [-0.2, -0.15) is 0 Å². The maximum atomic E-state index is 5.37. The highest BCUT2D eigenvalue weighted by Gasteiger charge is 2.10. The molecule has 1 nitrogen and oxygen atoms in total. The lowest BCUT2D eigenvalue weighted by Gasteiger charge is -2.17. The van der Waals surface area contributed by atoms with Crippen molar-refractivity contribution in [2.24, 2.45) is 5.92 Å². The number of allylic oxidation sites excluding steroid dienone is 1. The molecule has 0 bridgehead atoms. The zero-order valence-corrected chi connectivity index (χ0v) is 11.9. The first-order valence-corrected chi connectivity index (χ1v) is 7.10. The van der Waals surface area contributed by atoms with Crippen LogP contribution in [0, 0.1) is 5.92 Å². The van der Waals surface area contributed by atoms with Crippen LogP contribution in [0.1, 0.15) is 37.7 Å². The van der Waals surface area contributed by atoms with Crippen molar-refractivity contribution in [3.63, 3.8) is 0 Å². The van der Waals surface area contributed by atoms with Crippen LogP contribution >= 0.6 is 15.9 Å². The highest BCUT2D eigenvalue weighted by atomic mass is 79.9. The van der Waals surface area contributed by atoms with Crippen LogP contribution in [0.15, 0.2) is 28.7 Å². The largest absolute Gasteiger partial charge is 0.496 e. The zero-order chi connectivity index (χ0) is 12.1. The summed E-state index contributed by atoms with van der Waals surface area (Å²) in [6.45, 7) is 0. The quantitative estimate of drug-likeness (QED) is 0.758. The molecule has 1 aliphatic carbocycles. The first kappa shape index (κ1) is 12.7. The molecule has 17 heavy (non-hydrogen) atoms. The number of methoxy groups -OCH3 is 1. The van der Waals surface area contributed by atoms with Crippen molar-refractivity contribution in [2.45, 2.75) is 32.1 Å². The Bertz CT molecular complexity index is 392. The predicted molar refractivity (Wildman–Crippen MR) is 76.3 cm³/mol. The van der Waals surface area contributed by atoms with Gasteiger partial charge in [0.15, 0.2) is 0 Å². The van der Waals surface area contributed by atoms with Crippen LogP contribution in [0.3, 0.4) is 0 Å². The van der Waals surface area contributed by atoms with E-state index in [0.717, 1.165) is 21.7 Å². The van der Waals surface area contributed by atoms with Crippen molar-refractivity contribution < 1.29 is 4.74 Å². The summed E-state index contributed by atoms with van der Waals surface area (Å²) in [5, 5.41) is 0. The van der Waals surface area contributed by atoms with Crippen LogP contribution in [-0.2, 0) is 0 Å². The molecule has 1 aromatic carbocycles. The molecule has 0 amide bonds. The molecule has 0 radical (unpaired) electrons. The van der Waals surface area contributed by atoms with Crippen LogP contribution in [0.25, 0.3) is 6.08 Å². The smallest absolute Gasteiger partial charge is 0.126 e. The lowest BCUT2D eigenvalue weighted by atomic mass is 9.89. The third-order valence-corrected chi connectivity index (χ3v) is 3.88. The molecule has 2 heteroatoms. The average molecular weight is 295 g/mol. The predicted octanol–water partition coefficient (Wildman–Crippen LogP) is 5.05. The molecule has 1 saturated carbocycles. The van der Waals surface area contributed by atoms with E-state index in [2.05, 4.69) is 34.1 Å². The molecule has 0 atom stereocenters. The molecular weight excluding hydrogens is 276 g/mol. The number of hydrogen-bond acceptors (Lipinski definition) is 1. The van der Waals surface area contributed by atoms with Gasteiger partial charge in [0.2, 0.25) is 0 Å². The Morgan fingerprint density at radius 3 is 2.71 bits per heavy atom. The third kappa shape index (κ3) is 3.60. The Morgan fingerprint density at radius 1 is 1.24 bits per heavy atom. The Hall–Kier alpha value is -0.760. The highest BCUT2D eigenvalue weighted by Crippen LogP contribution is 2.28. The third-order valence-electron chi connectivity index (χ3n) is 3.39. The summed E-state index contributed by atoms with van der Waals surface area (Å²) in [5.41, 5.74) is 1.16. The van der Waals surface area contributed by atoms with Gasteiger partial charge < -0.3 is 4.74 Å². The van der Waals surface area contributed by atoms with Crippen molar-refractivity contribution in [1.29, 1.82) is 0 Å². The average Bonchev–Trinajstić information content (AvgIpc) is 2.38. The standard InChI is InChI=1S/C15H19BrO/c1-17-15-10-9-14(16)11-13(15)8-7-12-5-3-2-4-6-12/h7-12H,2-6H2,1H3/b8-7+. The second-order valence-corrected chi connectivity index (χ2v) is 5.56. The van der Waals surface area contributed by atoms with Crippen LogP contribution in [0.2, 0.25) is 0 Å². The van der Waals surface area contributed by atoms with Gasteiger partial charge >= 0.3 is 0 Å². The van der Waals surface area contributed by atoms with Gasteiger partial charge in [-0.05, 0) is 37.0 Å². The lowest BCUT2D eigenvalue weighted by molar-refractivity contribution is 0.413. The Kier molecular flexibility index (Phi) is 4.66. The molecule has 0 aromatic heterocycles. The van der Waals surface area contributed by atoms with E-state index in [9.17, 15) is 0 Å². The second kappa shape index (κ2) is 6.25. The van der Waals surface area contributed by atoms with Crippen molar-refractivity contribution in [2.75, 3.05) is 7.11 Å². The van der Waals surface area contributed by atoms with E-state index in [0.29, 0.717) is 0 Å². The van der Waals surface area contributed by atoms with Gasteiger partial charge in [-0.25, -0.2) is 0 Å². The van der Waals surface area contributed by atoms with Crippen LogP contribution in [0.5, 0.6) is 5.75 Å². The van der Waals surface area contributed by atoms with E-state index in [1.165, 1.54) is 32.1 Å². The number of rotatable bonds is 3. The molecule has 0 spiro atoms. The molecule has 1 fully saturated rings. The fourth-order valence-corrected chi connectivity index (χ4v) is 2.78. The summed E-state index contributed by atoms with van der Waals surface area (Å²) in [6.07, 6.45) is 11.4. The van der Waals surface area contributed by atoms with E-state index >= 15 is 0 Å². The summed E-state index contributed by atoms with van der Waals surface area (Å²) in [5.74, 6) is 1.70. The van der Waals surface area contributed by atoms with Gasteiger partial charge in [0.25, 0.3) is 0 Å². The molecule has 0 N–H and O–H groups in total. The van der Waals surface area contributed by atoms with Gasteiger partial charge in [-0.15, -0.1) is 0 Å². The summed E-state index contributed by atoms with van der Waals surface area (Å²) in [7, 11) is 1.72. The van der Waals surface area contributed by atoms with Crippen molar-refractivity contribution in [3.8, 4) is 5.75 Å². The summed E-state index contributed by atoms with van der Waals surface area (Å²) in [4.78, 5) is 0. The van der Waals surface area contributed by atoms with Crippen molar-refractivity contribution in [3.05, 3.63) is 34.3 Å². The zero-order valence-electron chi connectivity index (χ0n) is 10.3. The van der Waals surface area contributed by atoms with Crippen molar-refractivity contribution in [1.82, 2.24) is 0 Å². The number of hydrogen-bond donors (Lipinski definition) is 0. The monoisotopic (exact) mass is 294 g/mol. The minimum atomic E-state index is 0.757. The maximum Gasteiger partial charge on any atom is 0.126 e. The molecule has 0 unspecified atom stereocenters. The maximum absolute atomic E-state index is 5.37. The lowest BCUT2D eigenvalue weighted by Crippen LogP contribution is -2.02. The SMILES string of the molecule is COc1ccc(Br)cc1/C=C/C1CCCCC1. The number of benzene rings is 1.